The summed E-state index contributed by atoms with van der Waals surface area (Å²) in [4.78, 5) is 7.69. The first-order valence-electron chi connectivity index (χ1n) is 5.10. The van der Waals surface area contributed by atoms with Crippen LogP contribution >= 0.6 is 0 Å². The largest absolute Gasteiger partial charge is 0.361 e. The molecule has 0 spiro atoms. The Balaban J connectivity index is 2.14. The summed E-state index contributed by atoms with van der Waals surface area (Å²) >= 11 is 0. The minimum absolute atomic E-state index is 0.453. The zero-order valence-corrected chi connectivity index (χ0v) is 7.96. The van der Waals surface area contributed by atoms with Crippen molar-refractivity contribution in [2.75, 3.05) is 6.54 Å². The van der Waals surface area contributed by atoms with E-state index in [0.717, 1.165) is 6.54 Å². The van der Waals surface area contributed by atoms with Gasteiger partial charge in [-0.2, -0.15) is 0 Å². The highest BCUT2D eigenvalue weighted by Gasteiger charge is 2.19. The van der Waals surface area contributed by atoms with Gasteiger partial charge < -0.3 is 10.3 Å². The standard InChI is InChI=1S/C11H13N3/c1-2-10(12-5-1)11-8-3-6-13-9(8)4-7-14-11/h3-4,6-7,10,12-13H,1-2,5H2/t10-/m0/s1. The van der Waals surface area contributed by atoms with Crippen molar-refractivity contribution in [1.29, 1.82) is 0 Å². The van der Waals surface area contributed by atoms with Crippen LogP contribution in [0.2, 0.25) is 0 Å². The van der Waals surface area contributed by atoms with Crippen molar-refractivity contribution < 1.29 is 0 Å². The number of fused-ring (bicyclic) bond motifs is 1. The highest BCUT2D eigenvalue weighted by atomic mass is 15.0. The molecule has 1 atom stereocenters. The summed E-state index contributed by atoms with van der Waals surface area (Å²) in [6, 6.07) is 4.58. The summed E-state index contributed by atoms with van der Waals surface area (Å²) < 4.78 is 0. The minimum atomic E-state index is 0.453. The molecule has 0 amide bonds. The first-order chi connectivity index (χ1) is 6.95. The molecule has 1 fully saturated rings. The number of hydrogen-bond acceptors (Lipinski definition) is 2. The van der Waals surface area contributed by atoms with Gasteiger partial charge in [-0.25, -0.2) is 0 Å². The summed E-state index contributed by atoms with van der Waals surface area (Å²) in [5.74, 6) is 0. The highest BCUT2D eigenvalue weighted by Crippen LogP contribution is 2.26. The van der Waals surface area contributed by atoms with Gasteiger partial charge in [0.25, 0.3) is 0 Å². The second-order valence-corrected chi connectivity index (χ2v) is 3.78. The molecule has 0 saturated carbocycles. The van der Waals surface area contributed by atoms with Crippen LogP contribution in [0.1, 0.15) is 24.6 Å². The van der Waals surface area contributed by atoms with Crippen molar-refractivity contribution in [3.8, 4) is 0 Å². The molecule has 0 radical (unpaired) electrons. The van der Waals surface area contributed by atoms with E-state index in [1.807, 2.05) is 18.5 Å². The third kappa shape index (κ3) is 1.13. The van der Waals surface area contributed by atoms with Crippen LogP contribution in [0.3, 0.4) is 0 Å². The molecule has 2 N–H and O–H groups in total. The SMILES string of the molecule is c1cc2[nH]ccc2c([C@@H]2CCCN2)n1. The molecule has 72 valence electrons. The molecule has 1 saturated heterocycles. The summed E-state index contributed by atoms with van der Waals surface area (Å²) in [6.07, 6.45) is 6.32. The Labute approximate surface area is 82.5 Å². The van der Waals surface area contributed by atoms with Crippen LogP contribution in [-0.4, -0.2) is 16.5 Å². The van der Waals surface area contributed by atoms with Gasteiger partial charge in [0.15, 0.2) is 0 Å². The van der Waals surface area contributed by atoms with E-state index in [1.165, 1.54) is 29.4 Å². The van der Waals surface area contributed by atoms with Gasteiger partial charge in [-0.05, 0) is 31.5 Å². The smallest absolute Gasteiger partial charge is 0.0666 e. The summed E-state index contributed by atoms with van der Waals surface area (Å²) in [7, 11) is 0. The average Bonchev–Trinajstić information content (AvgIpc) is 2.88. The first kappa shape index (κ1) is 8.00. The van der Waals surface area contributed by atoms with E-state index in [2.05, 4.69) is 21.4 Å². The lowest BCUT2D eigenvalue weighted by Gasteiger charge is -2.10. The molecule has 14 heavy (non-hydrogen) atoms. The molecule has 3 rings (SSSR count). The van der Waals surface area contributed by atoms with Crippen LogP contribution in [-0.2, 0) is 0 Å². The summed E-state index contributed by atoms with van der Waals surface area (Å²) in [5, 5.41) is 4.73. The van der Waals surface area contributed by atoms with Crippen LogP contribution in [0.4, 0.5) is 0 Å². The molecule has 2 aromatic heterocycles. The number of nitrogens with one attached hydrogen (secondary N) is 2. The fourth-order valence-corrected chi connectivity index (χ4v) is 2.20. The van der Waals surface area contributed by atoms with E-state index in [4.69, 9.17) is 0 Å². The Bertz CT molecular complexity index is 440. The number of aromatic nitrogens is 2. The van der Waals surface area contributed by atoms with Gasteiger partial charge in [-0.15, -0.1) is 0 Å². The minimum Gasteiger partial charge on any atom is -0.361 e. The van der Waals surface area contributed by atoms with Crippen LogP contribution in [0.25, 0.3) is 10.9 Å². The zero-order chi connectivity index (χ0) is 9.38. The normalized spacial score (nSPS) is 21.9. The lowest BCUT2D eigenvalue weighted by atomic mass is 10.1. The van der Waals surface area contributed by atoms with Crippen molar-refractivity contribution in [2.45, 2.75) is 18.9 Å². The van der Waals surface area contributed by atoms with E-state index in [0.29, 0.717) is 6.04 Å². The third-order valence-corrected chi connectivity index (χ3v) is 2.90. The maximum atomic E-state index is 4.48. The number of rotatable bonds is 1. The van der Waals surface area contributed by atoms with Crippen molar-refractivity contribution in [1.82, 2.24) is 15.3 Å². The lowest BCUT2D eigenvalue weighted by Crippen LogP contribution is -2.14. The molecule has 2 aromatic rings. The Morgan fingerprint density at radius 1 is 1.36 bits per heavy atom. The Hall–Kier alpha value is -1.35. The van der Waals surface area contributed by atoms with Crippen molar-refractivity contribution in [3.05, 3.63) is 30.2 Å². The number of aromatic amines is 1. The molecule has 0 aliphatic carbocycles. The fraction of sp³-hybridized carbons (Fsp3) is 0.364. The van der Waals surface area contributed by atoms with Gasteiger partial charge in [-0.1, -0.05) is 0 Å². The number of nitrogens with zero attached hydrogens (tertiary/aromatic N) is 1. The van der Waals surface area contributed by atoms with E-state index in [-0.39, 0.29) is 0 Å². The maximum absolute atomic E-state index is 4.48. The van der Waals surface area contributed by atoms with Gasteiger partial charge in [0, 0.05) is 23.3 Å². The monoisotopic (exact) mass is 187 g/mol. The third-order valence-electron chi connectivity index (χ3n) is 2.90. The molecular formula is C11H13N3. The van der Waals surface area contributed by atoms with Gasteiger partial charge in [0.05, 0.1) is 11.7 Å². The topological polar surface area (TPSA) is 40.7 Å². The van der Waals surface area contributed by atoms with Gasteiger partial charge in [0.1, 0.15) is 0 Å². The molecule has 0 unspecified atom stereocenters. The first-order valence-corrected chi connectivity index (χ1v) is 5.10. The van der Waals surface area contributed by atoms with Gasteiger partial charge >= 0.3 is 0 Å². The van der Waals surface area contributed by atoms with Crippen molar-refractivity contribution >= 4 is 10.9 Å². The molecule has 3 heteroatoms. The Morgan fingerprint density at radius 3 is 3.21 bits per heavy atom. The quantitative estimate of drug-likeness (QED) is 0.716. The van der Waals surface area contributed by atoms with E-state index in [1.54, 1.807) is 0 Å². The molecule has 0 bridgehead atoms. The highest BCUT2D eigenvalue weighted by molar-refractivity contribution is 5.81. The van der Waals surface area contributed by atoms with E-state index >= 15 is 0 Å². The molecule has 0 aromatic carbocycles. The van der Waals surface area contributed by atoms with Crippen LogP contribution in [0.15, 0.2) is 24.5 Å². The predicted molar refractivity (Wildman–Crippen MR) is 56.1 cm³/mol. The number of pyridine rings is 1. The maximum Gasteiger partial charge on any atom is 0.0666 e. The molecule has 3 heterocycles. The zero-order valence-electron chi connectivity index (χ0n) is 7.96. The van der Waals surface area contributed by atoms with E-state index < -0.39 is 0 Å². The van der Waals surface area contributed by atoms with Gasteiger partial charge in [-0.3, -0.25) is 4.98 Å². The fourth-order valence-electron chi connectivity index (χ4n) is 2.20. The van der Waals surface area contributed by atoms with Crippen molar-refractivity contribution in [3.63, 3.8) is 0 Å². The molecule has 3 nitrogen and oxygen atoms in total. The predicted octanol–water partition coefficient (Wildman–Crippen LogP) is 1.99. The van der Waals surface area contributed by atoms with Crippen LogP contribution in [0, 0.1) is 0 Å². The van der Waals surface area contributed by atoms with E-state index in [9.17, 15) is 0 Å². The Kier molecular flexibility index (Phi) is 1.77. The second kappa shape index (κ2) is 3.10. The molecule has 1 aliphatic heterocycles. The average molecular weight is 187 g/mol. The second-order valence-electron chi connectivity index (χ2n) is 3.78. The van der Waals surface area contributed by atoms with Crippen LogP contribution < -0.4 is 5.32 Å². The molecular weight excluding hydrogens is 174 g/mol. The van der Waals surface area contributed by atoms with Gasteiger partial charge in [0.2, 0.25) is 0 Å². The Morgan fingerprint density at radius 2 is 2.36 bits per heavy atom. The molecule has 1 aliphatic rings. The number of hydrogen-bond donors (Lipinski definition) is 2. The van der Waals surface area contributed by atoms with Crippen molar-refractivity contribution in [2.24, 2.45) is 0 Å². The summed E-state index contributed by atoms with van der Waals surface area (Å²) in [6.45, 7) is 1.12. The van der Waals surface area contributed by atoms with Crippen LogP contribution in [0.5, 0.6) is 0 Å². The number of H-pyrrole nitrogens is 1. The summed E-state index contributed by atoms with van der Waals surface area (Å²) in [5.41, 5.74) is 2.38. The lowest BCUT2D eigenvalue weighted by molar-refractivity contribution is 0.634.